The third-order valence-corrected chi connectivity index (χ3v) is 3.98. The van der Waals surface area contributed by atoms with E-state index in [1.165, 1.54) is 17.2 Å². The number of aliphatic hydroxyl groups excluding tert-OH is 3. The predicted molar refractivity (Wildman–Crippen MR) is 83.8 cm³/mol. The van der Waals surface area contributed by atoms with Gasteiger partial charge in [0.25, 0.3) is 5.91 Å². The molecule has 0 saturated carbocycles. The van der Waals surface area contributed by atoms with E-state index in [9.17, 15) is 15.3 Å². The molecule has 0 aromatic carbocycles. The molecule has 2 aromatic rings. The highest BCUT2D eigenvalue weighted by atomic mass is 16.8. The number of hydrogen-bond acceptors (Lipinski definition) is 11. The van der Waals surface area contributed by atoms with Crippen molar-refractivity contribution < 1.29 is 29.5 Å². The van der Waals surface area contributed by atoms with Crippen molar-refractivity contribution in [1.29, 1.82) is 5.26 Å². The van der Waals surface area contributed by atoms with Gasteiger partial charge in [0.05, 0.1) is 25.7 Å². The van der Waals surface area contributed by atoms with Gasteiger partial charge < -0.3 is 35.3 Å². The third kappa shape index (κ3) is 2.97. The molecular weight excluding hydrogens is 348 g/mol. The van der Waals surface area contributed by atoms with Crippen molar-refractivity contribution in [1.82, 2.24) is 19.5 Å². The lowest BCUT2D eigenvalue weighted by molar-refractivity contribution is -0.338. The molecule has 1 fully saturated rings. The van der Waals surface area contributed by atoms with Gasteiger partial charge in [-0.25, -0.2) is 15.0 Å². The maximum atomic E-state index is 10.6. The van der Waals surface area contributed by atoms with Gasteiger partial charge in [-0.3, -0.25) is 4.57 Å². The molecule has 3 heterocycles. The zero-order valence-corrected chi connectivity index (χ0v) is 13.6. The molecule has 5 N–H and O–H groups in total. The molecule has 140 valence electrons. The molecular formula is C14H18N6O6. The molecule has 0 radical (unpaired) electrons. The van der Waals surface area contributed by atoms with Crippen LogP contribution in [0, 0.1) is 11.3 Å². The number of nitrogens with two attached hydrogens (primary N) is 1. The molecule has 1 aliphatic heterocycles. The summed E-state index contributed by atoms with van der Waals surface area (Å²) in [6, 6.07) is 1.92. The number of imidazole rings is 1. The van der Waals surface area contributed by atoms with Gasteiger partial charge in [0, 0.05) is 0 Å². The van der Waals surface area contributed by atoms with E-state index in [2.05, 4.69) is 15.0 Å². The number of hydrogen-bond donors (Lipinski definition) is 4. The normalized spacial score (nSPS) is 28.5. The second kappa shape index (κ2) is 7.46. The van der Waals surface area contributed by atoms with Crippen molar-refractivity contribution in [3.63, 3.8) is 0 Å². The van der Waals surface area contributed by atoms with E-state index in [1.807, 2.05) is 6.07 Å². The van der Waals surface area contributed by atoms with Gasteiger partial charge in [0.1, 0.15) is 30.4 Å². The van der Waals surface area contributed by atoms with Crippen molar-refractivity contribution >= 4 is 17.0 Å². The number of nitriles is 1. The number of fused-ring (bicyclic) bond motifs is 1. The van der Waals surface area contributed by atoms with Gasteiger partial charge in [-0.05, 0) is 0 Å². The lowest BCUT2D eigenvalue weighted by atomic mass is 10.1. The van der Waals surface area contributed by atoms with Crippen molar-refractivity contribution in [2.75, 3.05) is 25.7 Å². The van der Waals surface area contributed by atoms with Crippen LogP contribution >= 0.6 is 0 Å². The first-order valence-corrected chi connectivity index (χ1v) is 7.72. The van der Waals surface area contributed by atoms with E-state index in [1.54, 1.807) is 0 Å². The first-order chi connectivity index (χ1) is 12.5. The molecule has 4 atom stereocenters. The smallest absolute Gasteiger partial charge is 0.290 e. The Morgan fingerprint density at radius 3 is 2.88 bits per heavy atom. The zero-order valence-electron chi connectivity index (χ0n) is 13.6. The SMILES string of the molecule is N#CCCOCO[C@@]1(n2cnc3c(N)ncnc32)O[C@H](CO)[C@@H](O)[C@H]1O. The van der Waals surface area contributed by atoms with Crippen LogP contribution in [0.4, 0.5) is 5.82 Å². The second-order valence-corrected chi connectivity index (χ2v) is 5.53. The number of aliphatic hydroxyl groups is 3. The standard InChI is InChI=1S/C14H18N6O6/c15-2-1-3-24-7-25-14(11(23)10(22)8(4-21)26-14)20-6-19-9-12(16)17-5-18-13(9)20/h5-6,8,10-11,21-23H,1,3-4,7H2,(H2,16,17,18)/t8-,10-,11-,14-/m1/s1. The van der Waals surface area contributed by atoms with Crippen molar-refractivity contribution in [2.24, 2.45) is 0 Å². The average Bonchev–Trinajstić information content (AvgIpc) is 3.18. The Hall–Kier alpha value is -2.40. The van der Waals surface area contributed by atoms with E-state index in [0.29, 0.717) is 0 Å². The molecule has 0 unspecified atom stereocenters. The number of ether oxygens (including phenoxy) is 3. The van der Waals surface area contributed by atoms with E-state index in [-0.39, 0.29) is 36.8 Å². The number of rotatable bonds is 7. The highest BCUT2D eigenvalue weighted by molar-refractivity contribution is 5.81. The van der Waals surface area contributed by atoms with Crippen LogP contribution < -0.4 is 5.73 Å². The summed E-state index contributed by atoms with van der Waals surface area (Å²) < 4.78 is 17.6. The topological polar surface area (TPSA) is 182 Å². The Labute approximate surface area is 147 Å². The Morgan fingerprint density at radius 1 is 1.38 bits per heavy atom. The van der Waals surface area contributed by atoms with Gasteiger partial charge in [-0.1, -0.05) is 0 Å². The maximum Gasteiger partial charge on any atom is 0.290 e. The summed E-state index contributed by atoms with van der Waals surface area (Å²) in [5.74, 6) is -1.85. The van der Waals surface area contributed by atoms with Crippen LogP contribution in [-0.2, 0) is 20.1 Å². The maximum absolute atomic E-state index is 10.6. The third-order valence-electron chi connectivity index (χ3n) is 3.98. The Bertz CT molecular complexity index is 809. The molecule has 26 heavy (non-hydrogen) atoms. The summed E-state index contributed by atoms with van der Waals surface area (Å²) in [6.07, 6.45) is -1.52. The fourth-order valence-electron chi connectivity index (χ4n) is 2.69. The van der Waals surface area contributed by atoms with Crippen LogP contribution in [0.2, 0.25) is 0 Å². The summed E-state index contributed by atoms with van der Waals surface area (Å²) in [4.78, 5) is 12.0. The molecule has 2 aromatic heterocycles. The molecule has 1 aliphatic rings. The predicted octanol–water partition coefficient (Wildman–Crippen LogP) is -1.96. The Morgan fingerprint density at radius 2 is 2.19 bits per heavy atom. The number of nitrogens with zero attached hydrogens (tertiary/aromatic N) is 5. The molecule has 3 rings (SSSR count). The summed E-state index contributed by atoms with van der Waals surface area (Å²) >= 11 is 0. The average molecular weight is 366 g/mol. The van der Waals surface area contributed by atoms with Crippen molar-refractivity contribution in [3.05, 3.63) is 12.7 Å². The van der Waals surface area contributed by atoms with E-state index in [4.69, 9.17) is 25.2 Å². The van der Waals surface area contributed by atoms with Gasteiger partial charge in [0.15, 0.2) is 24.4 Å². The monoisotopic (exact) mass is 366 g/mol. The highest BCUT2D eigenvalue weighted by Crippen LogP contribution is 2.38. The van der Waals surface area contributed by atoms with Crippen LogP contribution in [-0.4, -0.2) is 73.2 Å². The molecule has 0 amide bonds. The quantitative estimate of drug-likeness (QED) is 0.315. The number of anilines is 1. The molecule has 0 aliphatic carbocycles. The first-order valence-electron chi connectivity index (χ1n) is 7.72. The second-order valence-electron chi connectivity index (χ2n) is 5.53. The molecule has 12 nitrogen and oxygen atoms in total. The van der Waals surface area contributed by atoms with Crippen LogP contribution in [0.3, 0.4) is 0 Å². The summed E-state index contributed by atoms with van der Waals surface area (Å²) in [5, 5.41) is 38.7. The van der Waals surface area contributed by atoms with Crippen LogP contribution in [0.1, 0.15) is 6.42 Å². The van der Waals surface area contributed by atoms with Gasteiger partial charge in [-0.15, -0.1) is 0 Å². The fraction of sp³-hybridized carbons (Fsp3) is 0.571. The minimum Gasteiger partial charge on any atom is -0.394 e. The lowest BCUT2D eigenvalue weighted by Gasteiger charge is -2.32. The Kier molecular flexibility index (Phi) is 5.28. The van der Waals surface area contributed by atoms with Gasteiger partial charge in [0.2, 0.25) is 0 Å². The molecule has 0 spiro atoms. The van der Waals surface area contributed by atoms with Gasteiger partial charge >= 0.3 is 0 Å². The summed E-state index contributed by atoms with van der Waals surface area (Å²) in [7, 11) is 0. The van der Waals surface area contributed by atoms with Crippen LogP contribution in [0.15, 0.2) is 12.7 Å². The fourth-order valence-corrected chi connectivity index (χ4v) is 2.69. The Balaban J connectivity index is 1.98. The minimum atomic E-state index is -1.96. The van der Waals surface area contributed by atoms with Crippen molar-refractivity contribution in [3.8, 4) is 6.07 Å². The number of nitrogen functional groups attached to an aromatic ring is 1. The summed E-state index contributed by atoms with van der Waals surface area (Å²) in [6.45, 7) is -0.805. The van der Waals surface area contributed by atoms with E-state index >= 15 is 0 Å². The number of aromatic nitrogens is 4. The largest absolute Gasteiger partial charge is 0.394 e. The first kappa shape index (κ1) is 18.4. The van der Waals surface area contributed by atoms with E-state index in [0.717, 1.165) is 0 Å². The van der Waals surface area contributed by atoms with Gasteiger partial charge in [-0.2, -0.15) is 5.26 Å². The van der Waals surface area contributed by atoms with Crippen molar-refractivity contribution in [2.45, 2.75) is 30.6 Å². The van der Waals surface area contributed by atoms with E-state index < -0.39 is 30.8 Å². The molecule has 1 saturated heterocycles. The minimum absolute atomic E-state index is 0.106. The zero-order chi connectivity index (χ0) is 18.7. The highest BCUT2D eigenvalue weighted by Gasteiger charge is 2.57. The lowest BCUT2D eigenvalue weighted by Crippen LogP contribution is -2.48. The van der Waals surface area contributed by atoms with Crippen LogP contribution in [0.5, 0.6) is 0 Å². The molecule has 0 bridgehead atoms. The summed E-state index contributed by atoms with van der Waals surface area (Å²) in [5.41, 5.74) is 6.21. The van der Waals surface area contributed by atoms with Crippen LogP contribution in [0.25, 0.3) is 11.2 Å². The molecule has 12 heteroatoms.